The van der Waals surface area contributed by atoms with Crippen LogP contribution in [0.5, 0.6) is 0 Å². The Kier molecular flexibility index (Phi) is 2.88. The molecular weight excluding hydrogens is 169 g/mol. The Morgan fingerprint density at radius 1 is 1.54 bits per heavy atom. The molecule has 0 spiro atoms. The minimum atomic E-state index is -0.269. The normalized spacial score (nSPS) is 11.9. The van der Waals surface area contributed by atoms with E-state index in [0.717, 1.165) is 11.1 Å². The van der Waals surface area contributed by atoms with Crippen LogP contribution in [0.1, 0.15) is 24.1 Å². The van der Waals surface area contributed by atoms with Crippen LogP contribution in [0.15, 0.2) is 23.3 Å². The van der Waals surface area contributed by atoms with Crippen LogP contribution in [0.3, 0.4) is 0 Å². The van der Waals surface area contributed by atoms with Gasteiger partial charge in [0.25, 0.3) is 0 Å². The molecule has 0 N–H and O–H groups in total. The van der Waals surface area contributed by atoms with Gasteiger partial charge in [-0.05, 0) is 35.7 Å². The van der Waals surface area contributed by atoms with Gasteiger partial charge in [-0.1, -0.05) is 18.1 Å². The van der Waals surface area contributed by atoms with Gasteiger partial charge in [0, 0.05) is 4.91 Å². The fourth-order valence-electron chi connectivity index (χ4n) is 1.25. The van der Waals surface area contributed by atoms with E-state index < -0.39 is 0 Å². The van der Waals surface area contributed by atoms with Crippen molar-refractivity contribution in [2.75, 3.05) is 0 Å². The van der Waals surface area contributed by atoms with Crippen molar-refractivity contribution in [3.05, 3.63) is 45.6 Å². The third-order valence-electron chi connectivity index (χ3n) is 1.91. The zero-order chi connectivity index (χ0) is 9.84. The van der Waals surface area contributed by atoms with E-state index in [1.165, 1.54) is 12.1 Å². The second-order valence-electron chi connectivity index (χ2n) is 2.88. The van der Waals surface area contributed by atoms with E-state index in [4.69, 9.17) is 5.53 Å². The number of hydrogen-bond acceptors (Lipinski definition) is 1. The SMILES string of the molecule is Cc1cc(F)ccc1[C@H](C)N=[N+]=[N-]. The summed E-state index contributed by atoms with van der Waals surface area (Å²) in [5, 5.41) is 3.54. The quantitative estimate of drug-likeness (QED) is 0.379. The molecule has 0 saturated carbocycles. The molecule has 13 heavy (non-hydrogen) atoms. The van der Waals surface area contributed by atoms with Crippen LogP contribution in [0.25, 0.3) is 10.4 Å². The topological polar surface area (TPSA) is 48.8 Å². The molecule has 1 aromatic carbocycles. The average Bonchev–Trinajstić information content (AvgIpc) is 2.04. The van der Waals surface area contributed by atoms with Gasteiger partial charge in [0.05, 0.1) is 6.04 Å². The summed E-state index contributed by atoms with van der Waals surface area (Å²) >= 11 is 0. The van der Waals surface area contributed by atoms with Gasteiger partial charge in [-0.3, -0.25) is 0 Å². The van der Waals surface area contributed by atoms with Crippen LogP contribution in [-0.4, -0.2) is 0 Å². The molecule has 0 heterocycles. The molecule has 0 bridgehead atoms. The van der Waals surface area contributed by atoms with Gasteiger partial charge in [-0.25, -0.2) is 4.39 Å². The first kappa shape index (κ1) is 9.55. The van der Waals surface area contributed by atoms with Crippen LogP contribution in [0.4, 0.5) is 4.39 Å². The van der Waals surface area contributed by atoms with Crippen molar-refractivity contribution in [3.63, 3.8) is 0 Å². The summed E-state index contributed by atoms with van der Waals surface area (Å²) in [5.74, 6) is -0.269. The summed E-state index contributed by atoms with van der Waals surface area (Å²) in [4.78, 5) is 2.71. The van der Waals surface area contributed by atoms with Crippen molar-refractivity contribution >= 4 is 0 Å². The number of benzene rings is 1. The van der Waals surface area contributed by atoms with Gasteiger partial charge in [0.15, 0.2) is 0 Å². The lowest BCUT2D eigenvalue weighted by Gasteiger charge is -2.08. The van der Waals surface area contributed by atoms with E-state index >= 15 is 0 Å². The maximum absolute atomic E-state index is 12.7. The summed E-state index contributed by atoms with van der Waals surface area (Å²) in [6, 6.07) is 4.19. The Morgan fingerprint density at radius 2 is 2.23 bits per heavy atom. The highest BCUT2D eigenvalue weighted by Crippen LogP contribution is 2.21. The molecule has 1 rings (SSSR count). The molecule has 68 valence electrons. The monoisotopic (exact) mass is 179 g/mol. The predicted octanol–water partition coefficient (Wildman–Crippen LogP) is 3.51. The predicted molar refractivity (Wildman–Crippen MR) is 48.7 cm³/mol. The summed E-state index contributed by atoms with van der Waals surface area (Å²) in [7, 11) is 0. The smallest absolute Gasteiger partial charge is 0.123 e. The van der Waals surface area contributed by atoms with Gasteiger partial charge in [0.2, 0.25) is 0 Å². The fraction of sp³-hybridized carbons (Fsp3) is 0.333. The second-order valence-corrected chi connectivity index (χ2v) is 2.88. The maximum atomic E-state index is 12.7. The van der Waals surface area contributed by atoms with Gasteiger partial charge in [0.1, 0.15) is 5.82 Å². The van der Waals surface area contributed by atoms with Crippen LogP contribution < -0.4 is 0 Å². The molecule has 3 nitrogen and oxygen atoms in total. The molecule has 0 amide bonds. The van der Waals surface area contributed by atoms with E-state index in [9.17, 15) is 4.39 Å². The molecule has 0 aliphatic carbocycles. The maximum Gasteiger partial charge on any atom is 0.123 e. The lowest BCUT2D eigenvalue weighted by Crippen LogP contribution is -1.93. The number of halogens is 1. The third kappa shape index (κ3) is 2.20. The molecule has 4 heteroatoms. The fourth-order valence-corrected chi connectivity index (χ4v) is 1.25. The van der Waals surface area contributed by atoms with Crippen molar-refractivity contribution in [1.29, 1.82) is 0 Å². The summed E-state index contributed by atoms with van der Waals surface area (Å²) < 4.78 is 12.7. The van der Waals surface area contributed by atoms with E-state index in [-0.39, 0.29) is 11.9 Å². The average molecular weight is 179 g/mol. The Morgan fingerprint density at radius 3 is 2.77 bits per heavy atom. The van der Waals surface area contributed by atoms with Crippen molar-refractivity contribution in [2.24, 2.45) is 5.11 Å². The lowest BCUT2D eigenvalue weighted by molar-refractivity contribution is 0.624. The van der Waals surface area contributed by atoms with Gasteiger partial charge in [-0.2, -0.15) is 0 Å². The van der Waals surface area contributed by atoms with Crippen molar-refractivity contribution in [2.45, 2.75) is 19.9 Å². The van der Waals surface area contributed by atoms with E-state index in [2.05, 4.69) is 10.0 Å². The highest BCUT2D eigenvalue weighted by molar-refractivity contribution is 5.29. The molecule has 0 aliphatic rings. The van der Waals surface area contributed by atoms with Crippen LogP contribution in [-0.2, 0) is 0 Å². The molecule has 0 saturated heterocycles. The highest BCUT2D eigenvalue weighted by Gasteiger charge is 2.06. The molecule has 0 unspecified atom stereocenters. The minimum Gasteiger partial charge on any atom is -0.207 e. The number of aryl methyl sites for hydroxylation is 1. The summed E-state index contributed by atoms with van der Waals surface area (Å²) in [6.07, 6.45) is 0. The van der Waals surface area contributed by atoms with Gasteiger partial charge in [-0.15, -0.1) is 0 Å². The second kappa shape index (κ2) is 3.92. The van der Waals surface area contributed by atoms with Gasteiger partial charge < -0.3 is 0 Å². The van der Waals surface area contributed by atoms with E-state index in [0.29, 0.717) is 0 Å². The van der Waals surface area contributed by atoms with Crippen LogP contribution in [0.2, 0.25) is 0 Å². The zero-order valence-electron chi connectivity index (χ0n) is 7.53. The van der Waals surface area contributed by atoms with Crippen molar-refractivity contribution in [3.8, 4) is 0 Å². The molecule has 0 aromatic heterocycles. The van der Waals surface area contributed by atoms with Gasteiger partial charge >= 0.3 is 0 Å². The Labute approximate surface area is 75.8 Å². The molecule has 0 fully saturated rings. The first-order valence-electron chi connectivity index (χ1n) is 3.95. The standard InChI is InChI=1S/C9H10FN3/c1-6-5-8(10)3-4-9(6)7(2)12-13-11/h3-5,7H,1-2H3/t7-/m0/s1. The highest BCUT2D eigenvalue weighted by atomic mass is 19.1. The third-order valence-corrected chi connectivity index (χ3v) is 1.91. The van der Waals surface area contributed by atoms with Crippen molar-refractivity contribution < 1.29 is 4.39 Å². The summed E-state index contributed by atoms with van der Waals surface area (Å²) in [5.41, 5.74) is 9.89. The number of azide groups is 1. The largest absolute Gasteiger partial charge is 0.207 e. The lowest BCUT2D eigenvalue weighted by atomic mass is 10.0. The Hall–Kier alpha value is -1.54. The van der Waals surface area contributed by atoms with Crippen LogP contribution in [0, 0.1) is 12.7 Å². The molecular formula is C9H10FN3. The van der Waals surface area contributed by atoms with E-state index in [1.807, 2.05) is 0 Å². The molecule has 0 radical (unpaired) electrons. The van der Waals surface area contributed by atoms with E-state index in [1.54, 1.807) is 19.9 Å². The number of nitrogens with zero attached hydrogens (tertiary/aromatic N) is 3. The first-order chi connectivity index (χ1) is 6.15. The Bertz CT molecular complexity index is 356. The summed E-state index contributed by atoms with van der Waals surface area (Å²) in [6.45, 7) is 3.57. The molecule has 0 aliphatic heterocycles. The zero-order valence-corrected chi connectivity index (χ0v) is 7.53. The molecule has 1 aromatic rings. The van der Waals surface area contributed by atoms with Crippen LogP contribution >= 0.6 is 0 Å². The van der Waals surface area contributed by atoms with Crippen molar-refractivity contribution in [1.82, 2.24) is 0 Å². The number of hydrogen-bond donors (Lipinski definition) is 0. The Balaban J connectivity index is 3.08. The molecule has 1 atom stereocenters. The number of rotatable bonds is 2. The first-order valence-corrected chi connectivity index (χ1v) is 3.95. The minimum absolute atomic E-state index is 0.245.